The third kappa shape index (κ3) is 5.34. The molecular weight excluding hydrogens is 496 g/mol. The number of nitrogens with zero attached hydrogens (tertiary/aromatic N) is 1. The second kappa shape index (κ2) is 11.3. The van der Waals surface area contributed by atoms with Gasteiger partial charge in [0, 0.05) is 24.4 Å². The van der Waals surface area contributed by atoms with E-state index in [1.807, 2.05) is 12.1 Å². The molecule has 0 bridgehead atoms. The van der Waals surface area contributed by atoms with E-state index in [1.165, 1.54) is 55.1 Å². The highest BCUT2D eigenvalue weighted by Crippen LogP contribution is 2.36. The molecule has 6 aromatic rings. The van der Waals surface area contributed by atoms with Crippen LogP contribution in [0.5, 0.6) is 0 Å². The largest absolute Gasteiger partial charge is 0.399 e. The molecule has 0 amide bonds. The average Bonchev–Trinajstić information content (AvgIpc) is 3.03. The van der Waals surface area contributed by atoms with Crippen LogP contribution in [0.1, 0.15) is 42.5 Å². The molecule has 0 saturated heterocycles. The highest BCUT2D eigenvalue weighted by molar-refractivity contribution is 6.09. The summed E-state index contributed by atoms with van der Waals surface area (Å²) in [7, 11) is 2.21. The van der Waals surface area contributed by atoms with Gasteiger partial charge in [-0.3, -0.25) is 0 Å². The molecular formula is C39H36N2. The first-order chi connectivity index (χ1) is 20.0. The number of fused-ring (bicyclic) bond motifs is 3. The fourth-order valence-electron chi connectivity index (χ4n) is 5.87. The lowest BCUT2D eigenvalue weighted by Crippen LogP contribution is -2.21. The van der Waals surface area contributed by atoms with Crippen LogP contribution in [0.25, 0.3) is 38.4 Å². The minimum atomic E-state index is 0.183. The molecule has 2 heteroatoms. The quantitative estimate of drug-likeness (QED) is 0.164. The summed E-state index contributed by atoms with van der Waals surface area (Å²) < 4.78 is 0. The topological polar surface area (TPSA) is 29.3 Å². The zero-order valence-electron chi connectivity index (χ0n) is 24.0. The Hall–Kier alpha value is -4.82. The SMILES string of the molecule is CC(/C=C(/c1ccccc1)N(C)C(C)c1ccc(-c2ccc(N)cc2)cc1)c1cc2ccccc2c2ccccc12. The van der Waals surface area contributed by atoms with Crippen LogP contribution in [-0.4, -0.2) is 11.9 Å². The first-order valence-electron chi connectivity index (χ1n) is 14.4. The predicted molar refractivity (Wildman–Crippen MR) is 177 cm³/mol. The van der Waals surface area contributed by atoms with Crippen molar-refractivity contribution in [3.8, 4) is 11.1 Å². The molecule has 6 rings (SSSR count). The molecule has 202 valence electrons. The third-order valence-corrected chi connectivity index (χ3v) is 8.37. The van der Waals surface area contributed by atoms with Gasteiger partial charge in [0.05, 0.1) is 6.04 Å². The molecule has 0 spiro atoms. The lowest BCUT2D eigenvalue weighted by molar-refractivity contribution is 0.380. The van der Waals surface area contributed by atoms with Gasteiger partial charge in [-0.05, 0) is 74.5 Å². The highest BCUT2D eigenvalue weighted by Gasteiger charge is 2.19. The average molecular weight is 533 g/mol. The molecule has 0 aliphatic heterocycles. The van der Waals surface area contributed by atoms with Crippen LogP contribution in [0.15, 0.2) is 140 Å². The molecule has 2 unspecified atom stereocenters. The molecule has 6 aromatic carbocycles. The van der Waals surface area contributed by atoms with Crippen molar-refractivity contribution in [2.24, 2.45) is 0 Å². The van der Waals surface area contributed by atoms with Crippen molar-refractivity contribution in [2.45, 2.75) is 25.8 Å². The van der Waals surface area contributed by atoms with E-state index in [4.69, 9.17) is 5.73 Å². The van der Waals surface area contributed by atoms with Crippen LogP contribution >= 0.6 is 0 Å². The zero-order chi connectivity index (χ0) is 28.3. The molecule has 0 aliphatic rings. The summed E-state index contributed by atoms with van der Waals surface area (Å²) in [6.07, 6.45) is 2.44. The lowest BCUT2D eigenvalue weighted by atomic mass is 9.89. The van der Waals surface area contributed by atoms with E-state index in [9.17, 15) is 0 Å². The van der Waals surface area contributed by atoms with Gasteiger partial charge < -0.3 is 10.6 Å². The molecule has 0 aliphatic carbocycles. The molecule has 2 atom stereocenters. The number of anilines is 1. The summed E-state index contributed by atoms with van der Waals surface area (Å²) in [5.74, 6) is 0.210. The fourth-order valence-corrected chi connectivity index (χ4v) is 5.87. The Labute approximate surface area is 243 Å². The van der Waals surface area contributed by atoms with Crippen LogP contribution in [-0.2, 0) is 0 Å². The maximum Gasteiger partial charge on any atom is 0.0511 e. The smallest absolute Gasteiger partial charge is 0.0511 e. The Morgan fingerprint density at radius 2 is 1.20 bits per heavy atom. The highest BCUT2D eigenvalue weighted by atomic mass is 15.1. The standard InChI is InChI=1S/C39H36N2/c1-27(38-26-33-13-7-8-14-35(33)36-15-9-10-16-37(36)38)25-39(32-11-5-4-6-12-32)41(3)28(2)29-17-19-30(20-18-29)31-21-23-34(40)24-22-31/h4-28H,40H2,1-3H3/b39-25-. The lowest BCUT2D eigenvalue weighted by Gasteiger charge is -2.31. The Balaban J connectivity index is 1.38. The van der Waals surface area contributed by atoms with Gasteiger partial charge >= 0.3 is 0 Å². The van der Waals surface area contributed by atoms with Gasteiger partial charge in [-0.25, -0.2) is 0 Å². The van der Waals surface area contributed by atoms with E-state index >= 15 is 0 Å². The molecule has 0 aromatic heterocycles. The molecule has 0 radical (unpaired) electrons. The molecule has 0 fully saturated rings. The minimum Gasteiger partial charge on any atom is -0.399 e. The number of rotatable bonds is 7. The van der Waals surface area contributed by atoms with Crippen molar-refractivity contribution in [2.75, 3.05) is 12.8 Å². The Morgan fingerprint density at radius 1 is 0.634 bits per heavy atom. The second-order valence-corrected chi connectivity index (χ2v) is 11.0. The summed E-state index contributed by atoms with van der Waals surface area (Å²) in [5.41, 5.74) is 14.1. The summed E-state index contributed by atoms with van der Waals surface area (Å²) in [4.78, 5) is 2.41. The number of allylic oxidation sites excluding steroid dienone is 1. The third-order valence-electron chi connectivity index (χ3n) is 8.37. The summed E-state index contributed by atoms with van der Waals surface area (Å²) in [6.45, 7) is 4.60. The number of hydrogen-bond acceptors (Lipinski definition) is 2. The van der Waals surface area contributed by atoms with Crippen LogP contribution < -0.4 is 5.73 Å². The summed E-state index contributed by atoms with van der Waals surface area (Å²) in [6, 6.07) is 47.8. The zero-order valence-corrected chi connectivity index (χ0v) is 24.0. The Bertz CT molecular complexity index is 1820. The predicted octanol–water partition coefficient (Wildman–Crippen LogP) is 10.1. The monoisotopic (exact) mass is 532 g/mol. The first-order valence-corrected chi connectivity index (χ1v) is 14.4. The minimum absolute atomic E-state index is 0.183. The number of hydrogen-bond donors (Lipinski definition) is 1. The maximum absolute atomic E-state index is 5.89. The van der Waals surface area contributed by atoms with E-state index < -0.39 is 0 Å². The van der Waals surface area contributed by atoms with Gasteiger partial charge in [0.1, 0.15) is 0 Å². The van der Waals surface area contributed by atoms with Gasteiger partial charge in [-0.1, -0.05) is 128 Å². The van der Waals surface area contributed by atoms with Gasteiger partial charge in [0.2, 0.25) is 0 Å². The molecule has 2 N–H and O–H groups in total. The molecule has 0 heterocycles. The van der Waals surface area contributed by atoms with E-state index in [0.29, 0.717) is 0 Å². The molecule has 41 heavy (non-hydrogen) atoms. The van der Waals surface area contributed by atoms with Crippen LogP contribution in [0.4, 0.5) is 5.69 Å². The van der Waals surface area contributed by atoms with Crippen molar-refractivity contribution in [3.63, 3.8) is 0 Å². The van der Waals surface area contributed by atoms with E-state index in [1.54, 1.807) is 0 Å². The van der Waals surface area contributed by atoms with Gasteiger partial charge in [-0.15, -0.1) is 0 Å². The second-order valence-electron chi connectivity index (χ2n) is 11.0. The fraction of sp³-hybridized carbons (Fsp3) is 0.128. The number of nitrogens with two attached hydrogens (primary N) is 1. The van der Waals surface area contributed by atoms with Crippen LogP contribution in [0, 0.1) is 0 Å². The normalized spacial score (nSPS) is 13.3. The van der Waals surface area contributed by atoms with Crippen LogP contribution in [0.2, 0.25) is 0 Å². The van der Waals surface area contributed by atoms with Crippen molar-refractivity contribution < 1.29 is 0 Å². The van der Waals surface area contributed by atoms with E-state index in [-0.39, 0.29) is 12.0 Å². The van der Waals surface area contributed by atoms with E-state index in [0.717, 1.165) is 5.69 Å². The van der Waals surface area contributed by atoms with Crippen molar-refractivity contribution in [1.29, 1.82) is 0 Å². The summed E-state index contributed by atoms with van der Waals surface area (Å²) >= 11 is 0. The molecule has 2 nitrogen and oxygen atoms in total. The summed E-state index contributed by atoms with van der Waals surface area (Å²) in [5, 5.41) is 5.21. The van der Waals surface area contributed by atoms with Crippen LogP contribution in [0.3, 0.4) is 0 Å². The Morgan fingerprint density at radius 3 is 1.88 bits per heavy atom. The van der Waals surface area contributed by atoms with E-state index in [2.05, 4.69) is 153 Å². The molecule has 0 saturated carbocycles. The first kappa shape index (κ1) is 26.4. The van der Waals surface area contributed by atoms with Gasteiger partial charge in [0.15, 0.2) is 0 Å². The maximum atomic E-state index is 5.89. The number of nitrogen functional groups attached to an aromatic ring is 1. The van der Waals surface area contributed by atoms with Gasteiger partial charge in [-0.2, -0.15) is 0 Å². The Kier molecular flexibility index (Phi) is 7.31. The van der Waals surface area contributed by atoms with Crippen molar-refractivity contribution >= 4 is 32.9 Å². The van der Waals surface area contributed by atoms with Crippen molar-refractivity contribution in [3.05, 3.63) is 156 Å². The van der Waals surface area contributed by atoms with Crippen molar-refractivity contribution in [1.82, 2.24) is 4.90 Å². The van der Waals surface area contributed by atoms with Gasteiger partial charge in [0.25, 0.3) is 0 Å². The number of benzene rings is 6.